The molecule has 0 aliphatic heterocycles. The summed E-state index contributed by atoms with van der Waals surface area (Å²) in [7, 11) is 1.87. The van der Waals surface area contributed by atoms with Crippen LogP contribution in [0.1, 0.15) is 78.1 Å². The standard InChI is InChI=1S/C29H43NO2/c1-4-29-17-14-20(19-32-3)18-21(29)10-11-23-24-12-13-26(28(24,2)16-15-25(23)29)27(31)30-22-8-6-5-7-9-22/h5-9,20-21,23-26H,4,10-19H2,1-3H3,(H,30,31). The van der Waals surface area contributed by atoms with E-state index < -0.39 is 0 Å². The van der Waals surface area contributed by atoms with E-state index >= 15 is 0 Å². The minimum absolute atomic E-state index is 0.168. The van der Waals surface area contributed by atoms with Gasteiger partial charge >= 0.3 is 0 Å². The summed E-state index contributed by atoms with van der Waals surface area (Å²) in [5.41, 5.74) is 1.67. The molecular weight excluding hydrogens is 394 g/mol. The Bertz CT molecular complexity index is 809. The van der Waals surface area contributed by atoms with Gasteiger partial charge in [-0.15, -0.1) is 0 Å². The number of benzene rings is 1. The molecule has 5 rings (SSSR count). The van der Waals surface area contributed by atoms with Crippen molar-refractivity contribution in [2.24, 2.45) is 46.3 Å². The molecule has 8 atom stereocenters. The highest BCUT2D eigenvalue weighted by atomic mass is 16.5. The highest BCUT2D eigenvalue weighted by Crippen LogP contribution is 2.68. The van der Waals surface area contributed by atoms with Crippen molar-refractivity contribution < 1.29 is 9.53 Å². The predicted molar refractivity (Wildman–Crippen MR) is 130 cm³/mol. The lowest BCUT2D eigenvalue weighted by Crippen LogP contribution is -2.55. The molecule has 0 radical (unpaired) electrons. The minimum Gasteiger partial charge on any atom is -0.384 e. The Morgan fingerprint density at radius 3 is 2.59 bits per heavy atom. The van der Waals surface area contributed by atoms with Gasteiger partial charge in [0.25, 0.3) is 0 Å². The van der Waals surface area contributed by atoms with Crippen molar-refractivity contribution in [1.82, 2.24) is 0 Å². The van der Waals surface area contributed by atoms with E-state index in [0.717, 1.165) is 48.3 Å². The molecule has 176 valence electrons. The lowest BCUT2D eigenvalue weighted by molar-refractivity contribution is -0.140. The van der Waals surface area contributed by atoms with Crippen LogP contribution in [-0.4, -0.2) is 19.6 Å². The fourth-order valence-electron chi connectivity index (χ4n) is 9.42. The van der Waals surface area contributed by atoms with Gasteiger partial charge in [-0.25, -0.2) is 0 Å². The van der Waals surface area contributed by atoms with Crippen molar-refractivity contribution in [2.75, 3.05) is 19.0 Å². The Balaban J connectivity index is 1.34. The van der Waals surface area contributed by atoms with Gasteiger partial charge in [0, 0.05) is 25.3 Å². The van der Waals surface area contributed by atoms with Crippen molar-refractivity contribution in [3.63, 3.8) is 0 Å². The molecule has 3 heteroatoms. The number of anilines is 1. The number of ether oxygens (including phenoxy) is 1. The molecule has 0 saturated heterocycles. The van der Waals surface area contributed by atoms with Crippen molar-refractivity contribution in [2.45, 2.75) is 78.1 Å². The van der Waals surface area contributed by atoms with E-state index in [9.17, 15) is 4.79 Å². The van der Waals surface area contributed by atoms with E-state index in [1.165, 1.54) is 57.8 Å². The number of carbonyl (C=O) groups excluding carboxylic acids is 1. The van der Waals surface area contributed by atoms with Crippen LogP contribution in [0.5, 0.6) is 0 Å². The molecule has 3 nitrogen and oxygen atoms in total. The van der Waals surface area contributed by atoms with Gasteiger partial charge in [-0.3, -0.25) is 4.79 Å². The third-order valence-electron chi connectivity index (χ3n) is 10.9. The zero-order chi connectivity index (χ0) is 22.3. The molecule has 0 bridgehead atoms. The Morgan fingerprint density at radius 2 is 1.84 bits per heavy atom. The SMILES string of the molecule is CCC12CCC(COC)CC1CCC1C3CCC(C(=O)Nc4ccccc4)C3(C)CCC12. The summed E-state index contributed by atoms with van der Waals surface area (Å²) in [4.78, 5) is 13.4. The third-order valence-corrected chi connectivity index (χ3v) is 10.9. The first-order valence-corrected chi connectivity index (χ1v) is 13.4. The number of hydrogen-bond acceptors (Lipinski definition) is 2. The Kier molecular flexibility index (Phi) is 6.16. The van der Waals surface area contributed by atoms with E-state index in [-0.39, 0.29) is 17.2 Å². The normalized spacial score (nSPS) is 43.1. The molecule has 4 aliphatic rings. The number of amides is 1. The number of fused-ring (bicyclic) bond motifs is 5. The third kappa shape index (κ3) is 3.54. The number of rotatable bonds is 5. The smallest absolute Gasteiger partial charge is 0.228 e. The summed E-state index contributed by atoms with van der Waals surface area (Å²) in [6.45, 7) is 5.89. The number of methoxy groups -OCH3 is 1. The van der Waals surface area contributed by atoms with E-state index in [1.807, 2.05) is 37.4 Å². The van der Waals surface area contributed by atoms with Crippen LogP contribution in [0.4, 0.5) is 5.69 Å². The lowest BCUT2D eigenvalue weighted by Gasteiger charge is -2.62. The maximum Gasteiger partial charge on any atom is 0.228 e. The van der Waals surface area contributed by atoms with E-state index in [1.54, 1.807) is 0 Å². The van der Waals surface area contributed by atoms with Gasteiger partial charge in [-0.05, 0) is 117 Å². The van der Waals surface area contributed by atoms with Crippen molar-refractivity contribution in [3.8, 4) is 0 Å². The van der Waals surface area contributed by atoms with Gasteiger partial charge in [-0.1, -0.05) is 32.0 Å². The molecule has 32 heavy (non-hydrogen) atoms. The average molecular weight is 438 g/mol. The Labute approximate surface area is 195 Å². The van der Waals surface area contributed by atoms with Crippen LogP contribution < -0.4 is 5.32 Å². The van der Waals surface area contributed by atoms with Gasteiger partial charge in [0.05, 0.1) is 0 Å². The fourth-order valence-corrected chi connectivity index (χ4v) is 9.42. The number of nitrogens with one attached hydrogen (secondary N) is 1. The summed E-state index contributed by atoms with van der Waals surface area (Å²) in [5.74, 6) is 4.54. The Hall–Kier alpha value is -1.35. The summed E-state index contributed by atoms with van der Waals surface area (Å²) in [5, 5.41) is 3.24. The molecule has 0 spiro atoms. The summed E-state index contributed by atoms with van der Waals surface area (Å²) >= 11 is 0. The maximum atomic E-state index is 13.4. The summed E-state index contributed by atoms with van der Waals surface area (Å²) < 4.78 is 5.54. The largest absolute Gasteiger partial charge is 0.384 e. The van der Waals surface area contributed by atoms with E-state index in [2.05, 4.69) is 19.2 Å². The first-order chi connectivity index (χ1) is 15.5. The minimum atomic E-state index is 0.168. The van der Waals surface area contributed by atoms with Crippen LogP contribution in [0.2, 0.25) is 0 Å². The monoisotopic (exact) mass is 437 g/mol. The van der Waals surface area contributed by atoms with Gasteiger partial charge in [-0.2, -0.15) is 0 Å². The second-order valence-corrected chi connectivity index (χ2v) is 11.9. The molecule has 0 heterocycles. The van der Waals surface area contributed by atoms with Crippen LogP contribution in [0.15, 0.2) is 30.3 Å². The topological polar surface area (TPSA) is 38.3 Å². The zero-order valence-electron chi connectivity index (χ0n) is 20.4. The molecule has 1 N–H and O–H groups in total. The van der Waals surface area contributed by atoms with Crippen molar-refractivity contribution in [3.05, 3.63) is 30.3 Å². The highest BCUT2D eigenvalue weighted by molar-refractivity contribution is 5.93. The Morgan fingerprint density at radius 1 is 1.03 bits per heavy atom. The molecule has 8 unspecified atom stereocenters. The van der Waals surface area contributed by atoms with Crippen LogP contribution >= 0.6 is 0 Å². The van der Waals surface area contributed by atoms with Crippen LogP contribution in [0.25, 0.3) is 0 Å². The molecule has 0 aromatic heterocycles. The lowest BCUT2D eigenvalue weighted by atomic mass is 9.43. The fraction of sp³-hybridized carbons (Fsp3) is 0.759. The second kappa shape index (κ2) is 8.78. The quantitative estimate of drug-likeness (QED) is 0.542. The van der Waals surface area contributed by atoms with Gasteiger partial charge in [0.15, 0.2) is 0 Å². The van der Waals surface area contributed by atoms with Crippen LogP contribution in [0.3, 0.4) is 0 Å². The zero-order valence-corrected chi connectivity index (χ0v) is 20.4. The van der Waals surface area contributed by atoms with Crippen LogP contribution in [-0.2, 0) is 9.53 Å². The van der Waals surface area contributed by atoms with Gasteiger partial charge in [0.1, 0.15) is 0 Å². The predicted octanol–water partition coefficient (Wildman–Crippen LogP) is 6.94. The second-order valence-electron chi connectivity index (χ2n) is 11.9. The highest BCUT2D eigenvalue weighted by Gasteiger charge is 2.61. The summed E-state index contributed by atoms with van der Waals surface area (Å²) in [6, 6.07) is 10.0. The summed E-state index contributed by atoms with van der Waals surface area (Å²) in [6.07, 6.45) is 13.2. The molecule has 1 aromatic carbocycles. The maximum absolute atomic E-state index is 13.4. The molecule has 1 amide bonds. The number of carbonyl (C=O) groups is 1. The number of hydrogen-bond donors (Lipinski definition) is 1. The molecule has 4 saturated carbocycles. The first kappa shape index (κ1) is 22.4. The first-order valence-electron chi connectivity index (χ1n) is 13.4. The molecule has 1 aromatic rings. The van der Waals surface area contributed by atoms with E-state index in [0.29, 0.717) is 5.41 Å². The van der Waals surface area contributed by atoms with Crippen molar-refractivity contribution in [1.29, 1.82) is 0 Å². The van der Waals surface area contributed by atoms with E-state index in [4.69, 9.17) is 4.74 Å². The van der Waals surface area contributed by atoms with Crippen LogP contribution in [0, 0.1) is 46.3 Å². The number of para-hydroxylation sites is 1. The average Bonchev–Trinajstić information content (AvgIpc) is 3.17. The molecule has 4 aliphatic carbocycles. The van der Waals surface area contributed by atoms with Gasteiger partial charge < -0.3 is 10.1 Å². The van der Waals surface area contributed by atoms with Gasteiger partial charge in [0.2, 0.25) is 5.91 Å². The molecule has 4 fully saturated rings. The molecular formula is C29H43NO2. The van der Waals surface area contributed by atoms with Crippen molar-refractivity contribution >= 4 is 11.6 Å².